The van der Waals surface area contributed by atoms with E-state index in [2.05, 4.69) is 22.1 Å². The molecule has 2 heterocycles. The largest absolute Gasteiger partial charge is 0.302 e. The average molecular weight is 341 g/mol. The molecular formula is C16H15N5O2S. The number of nitrogens with zero attached hydrogens (tertiary/aromatic N) is 5. The van der Waals surface area contributed by atoms with E-state index < -0.39 is 0 Å². The van der Waals surface area contributed by atoms with E-state index in [0.29, 0.717) is 10.1 Å². The van der Waals surface area contributed by atoms with Crippen LogP contribution in [0.15, 0.2) is 58.8 Å². The Bertz CT molecular complexity index is 851. The number of nitro benzene ring substituents is 1. The molecule has 24 heavy (non-hydrogen) atoms. The van der Waals surface area contributed by atoms with Gasteiger partial charge in [0, 0.05) is 30.6 Å². The second kappa shape index (κ2) is 7.22. The van der Waals surface area contributed by atoms with Gasteiger partial charge in [-0.25, -0.2) is 0 Å². The van der Waals surface area contributed by atoms with Gasteiger partial charge in [-0.3, -0.25) is 15.1 Å². The number of rotatable bonds is 6. The fraction of sp³-hybridized carbons (Fsp3) is 0.188. The van der Waals surface area contributed by atoms with E-state index in [1.165, 1.54) is 17.8 Å². The van der Waals surface area contributed by atoms with Crippen LogP contribution in [-0.4, -0.2) is 24.7 Å². The third-order valence-corrected chi connectivity index (χ3v) is 4.42. The van der Waals surface area contributed by atoms with Crippen LogP contribution in [0.4, 0.5) is 5.69 Å². The molecule has 0 saturated heterocycles. The second-order valence-electron chi connectivity index (χ2n) is 5.02. The maximum absolute atomic E-state index is 11.2. The zero-order chi connectivity index (χ0) is 16.9. The highest BCUT2D eigenvalue weighted by atomic mass is 32.2. The quantitative estimate of drug-likeness (QED) is 0.500. The number of aromatic nitrogens is 4. The molecule has 0 spiro atoms. The summed E-state index contributed by atoms with van der Waals surface area (Å²) in [5.74, 6) is 0.736. The molecule has 0 aliphatic rings. The van der Waals surface area contributed by atoms with Crippen LogP contribution in [0.25, 0.3) is 11.4 Å². The normalized spacial score (nSPS) is 10.7. The minimum Gasteiger partial charge on any atom is -0.302 e. The highest BCUT2D eigenvalue weighted by Gasteiger charge is 2.19. The smallest absolute Gasteiger partial charge is 0.283 e. The Morgan fingerprint density at radius 3 is 2.62 bits per heavy atom. The van der Waals surface area contributed by atoms with Crippen LogP contribution in [0.5, 0.6) is 0 Å². The second-order valence-corrected chi connectivity index (χ2v) is 6.03. The first-order chi connectivity index (χ1) is 11.7. The summed E-state index contributed by atoms with van der Waals surface area (Å²) in [7, 11) is 0. The van der Waals surface area contributed by atoms with Gasteiger partial charge in [0.1, 0.15) is 0 Å². The van der Waals surface area contributed by atoms with Gasteiger partial charge in [0.25, 0.3) is 5.69 Å². The Labute approximate surface area is 142 Å². The molecule has 0 aliphatic carbocycles. The van der Waals surface area contributed by atoms with Crippen LogP contribution in [0, 0.1) is 10.1 Å². The van der Waals surface area contributed by atoms with Gasteiger partial charge < -0.3 is 4.57 Å². The van der Waals surface area contributed by atoms with Crippen LogP contribution in [-0.2, 0) is 6.54 Å². The topological polar surface area (TPSA) is 86.7 Å². The molecule has 0 unspecified atom stereocenters. The van der Waals surface area contributed by atoms with Crippen molar-refractivity contribution in [1.82, 2.24) is 19.7 Å². The summed E-state index contributed by atoms with van der Waals surface area (Å²) in [5, 5.41) is 20.3. The molecule has 0 N–H and O–H groups in total. The summed E-state index contributed by atoms with van der Waals surface area (Å²) in [6, 6.07) is 10.4. The van der Waals surface area contributed by atoms with Gasteiger partial charge in [-0.1, -0.05) is 19.1 Å². The third kappa shape index (κ3) is 3.28. The molecule has 8 heteroatoms. The molecule has 122 valence electrons. The monoisotopic (exact) mass is 341 g/mol. The van der Waals surface area contributed by atoms with Crippen molar-refractivity contribution < 1.29 is 4.92 Å². The molecule has 0 bridgehead atoms. The molecule has 0 saturated carbocycles. The van der Waals surface area contributed by atoms with Crippen molar-refractivity contribution in [2.24, 2.45) is 0 Å². The number of pyridine rings is 1. The Balaban J connectivity index is 2.01. The zero-order valence-corrected chi connectivity index (χ0v) is 13.8. The first kappa shape index (κ1) is 16.1. The summed E-state index contributed by atoms with van der Waals surface area (Å²) < 4.78 is 1.98. The molecule has 0 radical (unpaired) electrons. The van der Waals surface area contributed by atoms with Crippen molar-refractivity contribution in [3.63, 3.8) is 0 Å². The highest BCUT2D eigenvalue weighted by Crippen LogP contribution is 2.35. The third-order valence-electron chi connectivity index (χ3n) is 3.37. The van der Waals surface area contributed by atoms with Gasteiger partial charge in [0.15, 0.2) is 11.0 Å². The summed E-state index contributed by atoms with van der Waals surface area (Å²) in [6.45, 7) is 2.80. The Hall–Kier alpha value is -2.74. The van der Waals surface area contributed by atoms with Crippen molar-refractivity contribution in [2.45, 2.75) is 29.9 Å². The van der Waals surface area contributed by atoms with Crippen molar-refractivity contribution in [1.29, 1.82) is 0 Å². The van der Waals surface area contributed by atoms with Gasteiger partial charge in [0.05, 0.1) is 9.82 Å². The van der Waals surface area contributed by atoms with Crippen molar-refractivity contribution in [3.05, 3.63) is 58.9 Å². The minimum absolute atomic E-state index is 0.0685. The number of hydrogen-bond donors (Lipinski definition) is 0. The first-order valence-corrected chi connectivity index (χ1v) is 8.27. The van der Waals surface area contributed by atoms with Gasteiger partial charge in [-0.2, -0.15) is 0 Å². The Morgan fingerprint density at radius 1 is 1.17 bits per heavy atom. The molecule has 0 amide bonds. The summed E-state index contributed by atoms with van der Waals surface area (Å²) >= 11 is 1.26. The van der Waals surface area contributed by atoms with Crippen molar-refractivity contribution in [3.8, 4) is 11.4 Å². The lowest BCUT2D eigenvalue weighted by Crippen LogP contribution is -2.02. The molecule has 0 fully saturated rings. The molecular weight excluding hydrogens is 326 g/mol. The fourth-order valence-corrected chi connectivity index (χ4v) is 3.26. The molecule has 1 aromatic carbocycles. The standard InChI is InChI=1S/C16H15N5O2S/c1-2-11-20-15(12-7-9-17-10-8-12)18-19-16(20)24-14-6-4-3-5-13(14)21(22)23/h3-10H,2,11H2,1H3. The maximum Gasteiger partial charge on any atom is 0.283 e. The zero-order valence-electron chi connectivity index (χ0n) is 13.0. The van der Waals surface area contributed by atoms with E-state index in [0.717, 1.165) is 24.4 Å². The number of benzene rings is 1. The minimum atomic E-state index is -0.382. The van der Waals surface area contributed by atoms with Crippen LogP contribution in [0.3, 0.4) is 0 Å². The van der Waals surface area contributed by atoms with Crippen molar-refractivity contribution in [2.75, 3.05) is 0 Å². The first-order valence-electron chi connectivity index (χ1n) is 7.45. The number of hydrogen-bond acceptors (Lipinski definition) is 6. The van der Waals surface area contributed by atoms with Gasteiger partial charge >= 0.3 is 0 Å². The fourth-order valence-electron chi connectivity index (χ4n) is 2.30. The molecule has 3 aromatic rings. The highest BCUT2D eigenvalue weighted by molar-refractivity contribution is 7.99. The lowest BCUT2D eigenvalue weighted by Gasteiger charge is -2.08. The van der Waals surface area contributed by atoms with E-state index in [9.17, 15) is 10.1 Å². The predicted molar refractivity (Wildman–Crippen MR) is 90.8 cm³/mol. The van der Waals surface area contributed by atoms with E-state index in [1.807, 2.05) is 16.7 Å². The molecule has 0 aliphatic heterocycles. The molecule has 2 aromatic heterocycles. The maximum atomic E-state index is 11.2. The van der Waals surface area contributed by atoms with Gasteiger partial charge in [-0.15, -0.1) is 10.2 Å². The number of para-hydroxylation sites is 1. The average Bonchev–Trinajstić information content (AvgIpc) is 2.99. The Morgan fingerprint density at radius 2 is 1.92 bits per heavy atom. The Kier molecular flexibility index (Phi) is 4.85. The van der Waals surface area contributed by atoms with Crippen LogP contribution >= 0.6 is 11.8 Å². The molecule has 3 rings (SSSR count). The lowest BCUT2D eigenvalue weighted by atomic mass is 10.2. The van der Waals surface area contributed by atoms with Gasteiger partial charge in [-0.05, 0) is 36.4 Å². The van der Waals surface area contributed by atoms with E-state index in [4.69, 9.17) is 0 Å². The summed E-state index contributed by atoms with van der Waals surface area (Å²) in [6.07, 6.45) is 4.31. The summed E-state index contributed by atoms with van der Waals surface area (Å²) in [4.78, 5) is 15.4. The van der Waals surface area contributed by atoms with Crippen LogP contribution in [0.2, 0.25) is 0 Å². The van der Waals surface area contributed by atoms with E-state index in [-0.39, 0.29) is 10.6 Å². The van der Waals surface area contributed by atoms with E-state index in [1.54, 1.807) is 30.6 Å². The van der Waals surface area contributed by atoms with Crippen molar-refractivity contribution >= 4 is 17.4 Å². The SMILES string of the molecule is CCCn1c(Sc2ccccc2[N+](=O)[O-])nnc1-c1ccncc1. The van der Waals surface area contributed by atoms with E-state index >= 15 is 0 Å². The molecule has 7 nitrogen and oxygen atoms in total. The molecule has 0 atom stereocenters. The lowest BCUT2D eigenvalue weighted by molar-refractivity contribution is -0.387. The van der Waals surface area contributed by atoms with Crippen LogP contribution < -0.4 is 0 Å². The predicted octanol–water partition coefficient (Wildman–Crippen LogP) is 3.81. The summed E-state index contributed by atoms with van der Waals surface area (Å²) in [5.41, 5.74) is 0.986. The number of nitro groups is 1. The van der Waals surface area contributed by atoms with Gasteiger partial charge in [0.2, 0.25) is 0 Å². The van der Waals surface area contributed by atoms with Crippen LogP contribution in [0.1, 0.15) is 13.3 Å².